The fourth-order valence-corrected chi connectivity index (χ4v) is 4.31. The maximum atomic E-state index is 10.6. The number of benzene rings is 1. The standard InChI is InChI=1S/C18H19Cl2N3O4/c19-11-5-9-10(7-21)17(22-3-1-2-4-22)23(13(9)6-12(11)20)18-16(26)15(25)14(8-24)27-18/h5-6,14-16,18,24-26H,1-4,8H2/t14-,15?,16?,18-/m1/s1. The molecule has 7 nitrogen and oxygen atoms in total. The molecule has 0 amide bonds. The Morgan fingerprint density at radius 3 is 2.41 bits per heavy atom. The molecule has 2 aliphatic heterocycles. The first kappa shape index (κ1) is 18.8. The highest BCUT2D eigenvalue weighted by Crippen LogP contribution is 2.43. The summed E-state index contributed by atoms with van der Waals surface area (Å²) in [7, 11) is 0. The van der Waals surface area contributed by atoms with Gasteiger partial charge in [-0.05, 0) is 25.0 Å². The van der Waals surface area contributed by atoms with E-state index in [9.17, 15) is 20.6 Å². The largest absolute Gasteiger partial charge is 0.394 e. The lowest BCUT2D eigenvalue weighted by atomic mass is 10.1. The Bertz CT molecular complexity index is 920. The number of nitrogens with zero attached hydrogens (tertiary/aromatic N) is 3. The van der Waals surface area contributed by atoms with Gasteiger partial charge >= 0.3 is 0 Å². The highest BCUT2D eigenvalue weighted by molar-refractivity contribution is 6.42. The van der Waals surface area contributed by atoms with Gasteiger partial charge in [0.05, 0.1) is 22.2 Å². The Morgan fingerprint density at radius 2 is 1.81 bits per heavy atom. The van der Waals surface area contributed by atoms with E-state index in [1.807, 2.05) is 0 Å². The lowest BCUT2D eigenvalue weighted by molar-refractivity contribution is -0.0500. The molecule has 0 bridgehead atoms. The van der Waals surface area contributed by atoms with E-state index in [0.717, 1.165) is 25.9 Å². The third-order valence-electron chi connectivity index (χ3n) is 5.31. The first-order chi connectivity index (χ1) is 13.0. The van der Waals surface area contributed by atoms with Gasteiger partial charge < -0.3 is 25.0 Å². The van der Waals surface area contributed by atoms with E-state index in [2.05, 4.69) is 11.0 Å². The SMILES string of the molecule is N#Cc1c(N2CCCC2)n([C@@H]2O[C@H](CO)C(O)C2O)c2cc(Cl)c(Cl)cc12. The van der Waals surface area contributed by atoms with Crippen molar-refractivity contribution in [3.63, 3.8) is 0 Å². The maximum Gasteiger partial charge on any atom is 0.164 e. The maximum absolute atomic E-state index is 10.6. The summed E-state index contributed by atoms with van der Waals surface area (Å²) in [5.74, 6) is 0.609. The number of hydrogen-bond donors (Lipinski definition) is 3. The Morgan fingerprint density at radius 1 is 1.15 bits per heavy atom. The number of hydrogen-bond acceptors (Lipinski definition) is 6. The molecular formula is C18H19Cl2N3O4. The lowest BCUT2D eigenvalue weighted by Crippen LogP contribution is -2.33. The van der Waals surface area contributed by atoms with Gasteiger partial charge in [-0.3, -0.25) is 4.57 Å². The van der Waals surface area contributed by atoms with E-state index in [0.29, 0.717) is 32.3 Å². The van der Waals surface area contributed by atoms with Gasteiger partial charge in [0.1, 0.15) is 35.8 Å². The third kappa shape index (κ3) is 2.88. The average Bonchev–Trinajstić information content (AvgIpc) is 3.34. The lowest BCUT2D eigenvalue weighted by Gasteiger charge is -2.26. The summed E-state index contributed by atoms with van der Waals surface area (Å²) in [4.78, 5) is 2.06. The number of ether oxygens (including phenoxy) is 1. The van der Waals surface area contributed by atoms with Crippen LogP contribution in [0.1, 0.15) is 24.6 Å². The Labute approximate surface area is 165 Å². The molecule has 0 aliphatic carbocycles. The van der Waals surface area contributed by atoms with Crippen molar-refractivity contribution in [2.45, 2.75) is 37.4 Å². The van der Waals surface area contributed by atoms with Gasteiger partial charge in [-0.25, -0.2) is 0 Å². The monoisotopic (exact) mass is 411 g/mol. The van der Waals surface area contributed by atoms with Crippen molar-refractivity contribution in [2.75, 3.05) is 24.6 Å². The van der Waals surface area contributed by atoms with Gasteiger partial charge in [0.15, 0.2) is 6.23 Å². The van der Waals surface area contributed by atoms with Crippen molar-refractivity contribution in [3.05, 3.63) is 27.7 Å². The minimum Gasteiger partial charge on any atom is -0.394 e. The summed E-state index contributed by atoms with van der Waals surface area (Å²) in [6, 6.07) is 5.51. The van der Waals surface area contributed by atoms with E-state index in [-0.39, 0.29) is 0 Å². The quantitative estimate of drug-likeness (QED) is 0.713. The number of halogens is 2. The van der Waals surface area contributed by atoms with Crippen LogP contribution < -0.4 is 4.90 Å². The second-order valence-electron chi connectivity index (χ2n) is 6.89. The zero-order valence-electron chi connectivity index (χ0n) is 14.3. The fourth-order valence-electron chi connectivity index (χ4n) is 3.99. The number of anilines is 1. The molecule has 27 heavy (non-hydrogen) atoms. The molecule has 0 saturated carbocycles. The number of fused-ring (bicyclic) bond motifs is 1. The summed E-state index contributed by atoms with van der Waals surface area (Å²) in [6.07, 6.45) is -2.40. The molecule has 0 radical (unpaired) electrons. The van der Waals surface area contributed by atoms with Gasteiger partial charge in [0.25, 0.3) is 0 Å². The predicted octanol–water partition coefficient (Wildman–Crippen LogP) is 2.03. The molecule has 3 heterocycles. The van der Waals surface area contributed by atoms with Crippen molar-refractivity contribution in [2.24, 2.45) is 0 Å². The molecule has 2 aliphatic rings. The molecule has 4 atom stereocenters. The normalized spacial score (nSPS) is 28.2. The molecule has 0 spiro atoms. The molecule has 2 unspecified atom stereocenters. The minimum absolute atomic E-state index is 0.312. The van der Waals surface area contributed by atoms with Gasteiger partial charge in [-0.1, -0.05) is 23.2 Å². The molecule has 4 rings (SSSR count). The van der Waals surface area contributed by atoms with E-state index < -0.39 is 31.1 Å². The van der Waals surface area contributed by atoms with Crippen molar-refractivity contribution < 1.29 is 20.1 Å². The van der Waals surface area contributed by atoms with Crippen molar-refractivity contribution in [1.29, 1.82) is 5.26 Å². The van der Waals surface area contributed by atoms with Crippen LogP contribution in [0.5, 0.6) is 0 Å². The van der Waals surface area contributed by atoms with Crippen LogP contribution in [0.4, 0.5) is 5.82 Å². The summed E-state index contributed by atoms with van der Waals surface area (Å²) < 4.78 is 7.46. The van der Waals surface area contributed by atoms with E-state index >= 15 is 0 Å². The first-order valence-electron chi connectivity index (χ1n) is 8.78. The van der Waals surface area contributed by atoms with E-state index in [4.69, 9.17) is 27.9 Å². The molecule has 2 saturated heterocycles. The van der Waals surface area contributed by atoms with Crippen molar-refractivity contribution in [3.8, 4) is 6.07 Å². The summed E-state index contributed by atoms with van der Waals surface area (Å²) in [5.41, 5.74) is 1.00. The van der Waals surface area contributed by atoms with Crippen LogP contribution in [0.25, 0.3) is 10.9 Å². The molecule has 1 aromatic heterocycles. The fraction of sp³-hybridized carbons (Fsp3) is 0.500. The van der Waals surface area contributed by atoms with Crippen LogP contribution in [-0.4, -0.2) is 57.9 Å². The Balaban J connectivity index is 1.99. The Kier molecular flexibility index (Phi) is 4.97. The number of aliphatic hydroxyl groups is 3. The van der Waals surface area contributed by atoms with Crippen LogP contribution >= 0.6 is 23.2 Å². The van der Waals surface area contributed by atoms with Gasteiger partial charge in [0.2, 0.25) is 0 Å². The highest BCUT2D eigenvalue weighted by Gasteiger charge is 2.45. The number of nitriles is 1. The number of aliphatic hydroxyl groups excluding tert-OH is 3. The van der Waals surface area contributed by atoms with Crippen molar-refractivity contribution >= 4 is 39.9 Å². The average molecular weight is 412 g/mol. The molecular weight excluding hydrogens is 393 g/mol. The topological polar surface area (TPSA) is 102 Å². The van der Waals surface area contributed by atoms with Crippen LogP contribution in [0.2, 0.25) is 10.0 Å². The summed E-state index contributed by atoms with van der Waals surface area (Å²) >= 11 is 12.4. The molecule has 2 fully saturated rings. The molecule has 144 valence electrons. The second kappa shape index (κ2) is 7.13. The summed E-state index contributed by atoms with van der Waals surface area (Å²) in [6.45, 7) is 1.10. The third-order valence-corrected chi connectivity index (χ3v) is 6.03. The van der Waals surface area contributed by atoms with Crippen LogP contribution in [0.15, 0.2) is 12.1 Å². The van der Waals surface area contributed by atoms with E-state index in [1.54, 1.807) is 16.7 Å². The molecule has 3 N–H and O–H groups in total. The minimum atomic E-state index is -1.26. The van der Waals surface area contributed by atoms with Gasteiger partial charge in [-0.15, -0.1) is 0 Å². The molecule has 1 aromatic carbocycles. The van der Waals surface area contributed by atoms with Gasteiger partial charge in [0, 0.05) is 18.5 Å². The van der Waals surface area contributed by atoms with Crippen LogP contribution in [-0.2, 0) is 4.74 Å². The molecule has 9 heteroatoms. The molecule has 2 aromatic rings. The van der Waals surface area contributed by atoms with Crippen LogP contribution in [0, 0.1) is 11.3 Å². The zero-order valence-corrected chi connectivity index (χ0v) is 15.9. The predicted molar refractivity (Wildman–Crippen MR) is 101 cm³/mol. The number of aromatic nitrogens is 1. The van der Waals surface area contributed by atoms with Crippen molar-refractivity contribution in [1.82, 2.24) is 4.57 Å². The highest BCUT2D eigenvalue weighted by atomic mass is 35.5. The van der Waals surface area contributed by atoms with Gasteiger partial charge in [-0.2, -0.15) is 5.26 Å². The summed E-state index contributed by atoms with van der Waals surface area (Å²) in [5, 5.41) is 41.3. The second-order valence-corrected chi connectivity index (χ2v) is 7.70. The smallest absolute Gasteiger partial charge is 0.164 e. The zero-order chi connectivity index (χ0) is 19.3. The van der Waals surface area contributed by atoms with E-state index in [1.165, 1.54) is 0 Å². The first-order valence-corrected chi connectivity index (χ1v) is 9.54. The van der Waals surface area contributed by atoms with Crippen LogP contribution in [0.3, 0.4) is 0 Å². The Hall–Kier alpha value is -1.53. The number of rotatable bonds is 3.